The number of benzene rings is 6. The molecule has 16 nitrogen and oxygen atoms in total. The van der Waals surface area contributed by atoms with E-state index in [1.165, 1.54) is 36.4 Å². The number of phenolic OH excluding ortho intramolecular Hbond substituents is 2. The Labute approximate surface area is 378 Å². The van der Waals surface area contributed by atoms with E-state index < -0.39 is 52.9 Å². The summed E-state index contributed by atoms with van der Waals surface area (Å²) in [5, 5.41) is 39.5. The molecule has 6 rings (SSSR count). The molecule has 0 heterocycles. The molecule has 0 unspecified atom stereocenters. The molecule has 0 aliphatic carbocycles. The molecule has 0 spiro atoms. The Kier molecular flexibility index (Phi) is 15.3. The predicted molar refractivity (Wildman–Crippen MR) is 223 cm³/mol. The molecule has 8 N–H and O–H groups in total. The van der Waals surface area contributed by atoms with Crippen molar-refractivity contribution in [2.75, 3.05) is 24.7 Å². The first-order valence-corrected chi connectivity index (χ1v) is 19.9. The molecule has 0 saturated carbocycles. The van der Waals surface area contributed by atoms with Gasteiger partial charge in [0.05, 0.1) is 13.2 Å². The van der Waals surface area contributed by atoms with Crippen LogP contribution in [0.25, 0.3) is 32.7 Å². The van der Waals surface area contributed by atoms with E-state index in [2.05, 4.69) is 20.5 Å². The Balaban J connectivity index is 0.00000372. The van der Waals surface area contributed by atoms with Crippen LogP contribution in [0.4, 0.5) is 34.1 Å². The Morgan fingerprint density at radius 1 is 0.552 bits per heavy atom. The average molecular weight is 847 g/mol. The Hall–Kier alpha value is -4.34. The van der Waals surface area contributed by atoms with Crippen LogP contribution in [0.15, 0.2) is 115 Å². The van der Waals surface area contributed by atoms with Crippen LogP contribution in [0.3, 0.4) is 0 Å². The average Bonchev–Trinajstić information content (AvgIpc) is 3.15. The zero-order valence-electron chi connectivity index (χ0n) is 31.9. The minimum atomic E-state index is -4.84. The summed E-state index contributed by atoms with van der Waals surface area (Å²) in [4.78, 5) is -1.31. The topological polar surface area (TPSA) is 269 Å². The maximum atomic E-state index is 12.3. The molecule has 0 fully saturated rings. The number of hydrogen-bond donors (Lipinski definition) is 6. The van der Waals surface area contributed by atoms with E-state index in [9.17, 15) is 36.2 Å². The van der Waals surface area contributed by atoms with Gasteiger partial charge in [-0.25, -0.2) is 0 Å². The molecular weight excluding hydrogens is 811 g/mol. The second kappa shape index (κ2) is 19.2. The zero-order chi connectivity index (χ0) is 40.4. The molecular formula is C38H36N6Na2O10S2. The van der Waals surface area contributed by atoms with E-state index >= 15 is 0 Å². The number of nitrogens with two attached hydrogens (primary N) is 2. The molecule has 2 radical (unpaired) electrons. The van der Waals surface area contributed by atoms with Gasteiger partial charge in [-0.2, -0.15) is 16.8 Å². The third-order valence-corrected chi connectivity index (χ3v) is 10.1. The van der Waals surface area contributed by atoms with E-state index in [1.807, 2.05) is 13.8 Å². The van der Waals surface area contributed by atoms with E-state index in [0.717, 1.165) is 12.1 Å². The summed E-state index contributed by atoms with van der Waals surface area (Å²) in [6.07, 6.45) is 1.27. The molecule has 58 heavy (non-hydrogen) atoms. The fourth-order valence-corrected chi connectivity index (χ4v) is 7.03. The van der Waals surface area contributed by atoms with Crippen LogP contribution in [-0.2, 0) is 20.2 Å². The number of rotatable bonds is 13. The van der Waals surface area contributed by atoms with Gasteiger partial charge in [0.25, 0.3) is 20.2 Å². The van der Waals surface area contributed by atoms with Crippen molar-refractivity contribution in [3.8, 4) is 34.1 Å². The number of anilines is 2. The third kappa shape index (κ3) is 10.3. The second-order valence-electron chi connectivity index (χ2n) is 12.5. The quantitative estimate of drug-likeness (QED) is 0.0277. The third-order valence-electron chi connectivity index (χ3n) is 8.40. The van der Waals surface area contributed by atoms with Gasteiger partial charge in [-0.05, 0) is 95.4 Å². The van der Waals surface area contributed by atoms with Crippen molar-refractivity contribution in [2.45, 2.75) is 36.5 Å². The first-order chi connectivity index (χ1) is 26.6. The normalized spacial score (nSPS) is 11.9. The van der Waals surface area contributed by atoms with Crippen LogP contribution >= 0.6 is 0 Å². The van der Waals surface area contributed by atoms with Gasteiger partial charge in [0.1, 0.15) is 44.0 Å². The molecule has 0 aliphatic heterocycles. The predicted octanol–water partition coefficient (Wildman–Crippen LogP) is 8.38. The van der Waals surface area contributed by atoms with Gasteiger partial charge in [0.2, 0.25) is 0 Å². The van der Waals surface area contributed by atoms with E-state index in [-0.39, 0.29) is 106 Å². The number of aromatic hydroxyl groups is 2. The number of azo groups is 2. The van der Waals surface area contributed by atoms with Gasteiger partial charge in [-0.3, -0.25) is 9.11 Å². The van der Waals surface area contributed by atoms with E-state index in [1.54, 1.807) is 36.4 Å². The van der Waals surface area contributed by atoms with Crippen molar-refractivity contribution in [3.63, 3.8) is 0 Å². The summed E-state index contributed by atoms with van der Waals surface area (Å²) in [6.45, 7) is 4.37. The summed E-state index contributed by atoms with van der Waals surface area (Å²) in [5.41, 5.74) is 13.0. The van der Waals surface area contributed by atoms with Crippen molar-refractivity contribution in [1.29, 1.82) is 0 Å². The van der Waals surface area contributed by atoms with Crippen molar-refractivity contribution < 1.29 is 45.6 Å². The van der Waals surface area contributed by atoms with Crippen LogP contribution in [0.5, 0.6) is 23.0 Å². The number of ether oxygens (including phenoxy) is 2. The Morgan fingerprint density at radius 2 is 0.931 bits per heavy atom. The summed E-state index contributed by atoms with van der Waals surface area (Å²) in [7, 11) is -9.68. The van der Waals surface area contributed by atoms with E-state index in [4.69, 9.17) is 20.9 Å². The summed E-state index contributed by atoms with van der Waals surface area (Å²) < 4.78 is 81.2. The SMILES string of the molecule is CCCOc1cc(-c2ccc(N=Nc3c(S(=O)(=O)O)cc4ccc(N)cc4c3O)c(OCCC)c2)ccc1N=Nc1c(S(=O)(=O)O)cc2ccc(N)cc2c1O.[Na].[Na]. The van der Waals surface area contributed by atoms with Gasteiger partial charge in [0.15, 0.2) is 11.5 Å². The molecule has 6 aromatic rings. The van der Waals surface area contributed by atoms with Crippen LogP contribution in [-0.4, -0.2) is 108 Å². The van der Waals surface area contributed by atoms with Gasteiger partial charge in [0, 0.05) is 81.3 Å². The molecule has 0 aromatic heterocycles. The minimum absolute atomic E-state index is 0. The Bertz CT molecular complexity index is 2620. The van der Waals surface area contributed by atoms with Crippen molar-refractivity contribution in [3.05, 3.63) is 84.9 Å². The molecule has 0 bridgehead atoms. The molecule has 0 atom stereocenters. The minimum Gasteiger partial charge on any atom is -0.505 e. The molecule has 0 aliphatic rings. The first kappa shape index (κ1) is 46.4. The van der Waals surface area contributed by atoms with Crippen LogP contribution in [0, 0.1) is 0 Å². The number of nitrogens with zero attached hydrogens (tertiary/aromatic N) is 4. The summed E-state index contributed by atoms with van der Waals surface area (Å²) >= 11 is 0. The fourth-order valence-electron chi connectivity index (χ4n) is 5.72. The largest absolute Gasteiger partial charge is 0.505 e. The monoisotopic (exact) mass is 846 g/mol. The van der Waals surface area contributed by atoms with Crippen LogP contribution in [0.1, 0.15) is 26.7 Å². The number of hydrogen-bond acceptors (Lipinski definition) is 14. The van der Waals surface area contributed by atoms with Gasteiger partial charge < -0.3 is 31.2 Å². The van der Waals surface area contributed by atoms with E-state index in [0.29, 0.717) is 46.1 Å². The van der Waals surface area contributed by atoms with Gasteiger partial charge in [-0.1, -0.05) is 38.1 Å². The van der Waals surface area contributed by atoms with Crippen LogP contribution < -0.4 is 20.9 Å². The molecule has 0 saturated heterocycles. The molecule has 20 heteroatoms. The second-order valence-corrected chi connectivity index (χ2v) is 15.3. The summed E-state index contributed by atoms with van der Waals surface area (Å²) in [5.74, 6) is -0.581. The first-order valence-electron chi connectivity index (χ1n) is 17.0. The smallest absolute Gasteiger partial charge is 0.296 e. The Morgan fingerprint density at radius 3 is 1.28 bits per heavy atom. The number of nitrogen functional groups attached to an aromatic ring is 2. The standard InChI is InChI=1S/C38H36N6O10S2.2Na/c1-3-13-53-31-15-21(7-11-29(31)41-43-35-33(55(47,48)49)17-23-5-9-25(39)19-27(23)37(35)45)22-8-12-30(32(16-22)54-14-4-2)42-44-36-34(56(50,51)52)18-24-6-10-26(40)20-28(24)38(36)46;;/h5-12,15-20,45-46H,3-4,13-14,39-40H2,1-2H3,(H,47,48,49)(H,50,51,52);;. The molecule has 292 valence electrons. The van der Waals surface area contributed by atoms with Crippen molar-refractivity contribution in [1.82, 2.24) is 0 Å². The van der Waals surface area contributed by atoms with Crippen molar-refractivity contribution >= 4 is 135 Å². The number of fused-ring (bicyclic) bond motifs is 2. The van der Waals surface area contributed by atoms with Crippen molar-refractivity contribution in [2.24, 2.45) is 20.5 Å². The maximum Gasteiger partial charge on any atom is 0.296 e. The maximum absolute atomic E-state index is 12.3. The number of phenols is 2. The zero-order valence-corrected chi connectivity index (χ0v) is 37.5. The summed E-state index contributed by atoms with van der Waals surface area (Å²) in [6, 6.07) is 21.1. The van der Waals surface area contributed by atoms with Gasteiger partial charge in [-0.15, -0.1) is 20.5 Å². The molecule has 6 aromatic carbocycles. The molecule has 0 amide bonds. The van der Waals surface area contributed by atoms with Crippen LogP contribution in [0.2, 0.25) is 0 Å². The fraction of sp³-hybridized carbons (Fsp3) is 0.158. The van der Waals surface area contributed by atoms with Gasteiger partial charge >= 0.3 is 0 Å².